The molecule has 4 N–H and O–H groups in total. The molecule has 0 saturated heterocycles. The molecular weight excluding hydrogens is 1990 g/mol. The van der Waals surface area contributed by atoms with E-state index in [1.54, 1.807) is 11.1 Å². The number of anilines is 2. The Balaban J connectivity index is 0.000000218. The van der Waals surface area contributed by atoms with Crippen LogP contribution in [-0.2, 0) is 21.7 Å². The number of ketones is 2. The third kappa shape index (κ3) is 27.1. The Morgan fingerprint density at radius 1 is 0.218 bits per heavy atom. The Labute approximate surface area is 892 Å². The van der Waals surface area contributed by atoms with Gasteiger partial charge in [0.1, 0.15) is 11.0 Å². The molecular formula is C132H172Br4N4O2. The fourth-order valence-corrected chi connectivity index (χ4v) is 26.5. The molecule has 0 spiro atoms. The fraction of sp³-hybridized carbons (Fsp3) is 0.515. The van der Waals surface area contributed by atoms with Crippen molar-refractivity contribution in [3.8, 4) is 67.0 Å². The van der Waals surface area contributed by atoms with Gasteiger partial charge in [0.15, 0.2) is 0 Å². The SMILES string of the molecule is CCCCCCCCC1(CCCCCCCC)c2ccccc2-c2ccc(-c3nc4c(Br)ccc(Br)c4nc3-c3ccc4c(c3)C(CCCCCCCC)(CCCCCCCC)c3ccccc3-4)cc21.CCCCCCCCC1(CCCCCCCC)c2ccccc2-c2ccc(C(=O)C(=O)c3ccc4c(c3)C(CCCCCCCC)(CCCCCCCC)c3ccccc3-4)cc21.Nc1c(Br)ccc(Br)c1N. The first kappa shape index (κ1) is 112. The fourth-order valence-electron chi connectivity index (χ4n) is 25.0. The number of benzene rings is 10. The van der Waals surface area contributed by atoms with Gasteiger partial charge in [0.2, 0.25) is 11.6 Å². The molecule has 15 rings (SSSR count). The van der Waals surface area contributed by atoms with Gasteiger partial charge in [-0.25, -0.2) is 9.97 Å². The monoisotopic (exact) mass is 2160 g/mol. The van der Waals surface area contributed by atoms with E-state index in [0.29, 0.717) is 22.5 Å². The van der Waals surface area contributed by atoms with E-state index in [4.69, 9.17) is 21.4 Å². The summed E-state index contributed by atoms with van der Waals surface area (Å²) in [5.74, 6) is -0.741. The second-order valence-corrected chi connectivity index (χ2v) is 46.3. The molecule has 0 saturated carbocycles. The molecule has 10 aromatic carbocycles. The second kappa shape index (κ2) is 57.1. The number of aromatic nitrogens is 2. The highest BCUT2D eigenvalue weighted by molar-refractivity contribution is 9.11. The number of hydrogen-bond acceptors (Lipinski definition) is 6. The summed E-state index contributed by atoms with van der Waals surface area (Å²) in [6.07, 6.45) is 71.0. The Morgan fingerprint density at radius 3 is 0.641 bits per heavy atom. The molecule has 0 aliphatic heterocycles. The highest BCUT2D eigenvalue weighted by Gasteiger charge is 2.48. The van der Waals surface area contributed by atoms with E-state index in [0.717, 1.165) is 66.0 Å². The van der Waals surface area contributed by atoms with E-state index in [-0.39, 0.29) is 33.2 Å². The number of nitrogen functional groups attached to an aromatic ring is 2. The number of hydrogen-bond donors (Lipinski definition) is 2. The van der Waals surface area contributed by atoms with Crippen LogP contribution in [-0.4, -0.2) is 21.5 Å². The first-order valence-electron chi connectivity index (χ1n) is 57.2. The van der Waals surface area contributed by atoms with Crippen molar-refractivity contribution in [2.75, 3.05) is 11.5 Å². The van der Waals surface area contributed by atoms with Crippen LogP contribution in [0.1, 0.15) is 480 Å². The predicted octanol–water partition coefficient (Wildman–Crippen LogP) is 42.7. The molecule has 4 aliphatic rings. The van der Waals surface area contributed by atoms with E-state index in [9.17, 15) is 9.59 Å². The molecule has 4 aliphatic carbocycles. The molecule has 10 heteroatoms. The van der Waals surface area contributed by atoms with Gasteiger partial charge in [0, 0.05) is 61.8 Å². The zero-order valence-corrected chi connectivity index (χ0v) is 94.8. The van der Waals surface area contributed by atoms with Gasteiger partial charge in [-0.2, -0.15) is 0 Å². The standard InChI is InChI=1S/C66H84Br2N2.C60H82O2.C6H6Br2N2/c1-5-9-13-17-21-29-43-65(44-30-22-18-14-10-6-2)55-35-27-25-33-51(55)53-39-37-49(47-57(53)65)61-62(70-64-60(68)42-41-59(67)63(64)69-61)50-38-40-54-52-34-26-28-36-56(52)66(58(54)48-50,45-31-23-19-15-11-7-3)46-32-24-20-16-12-8-4;1-5-9-13-17-21-29-41-59(42-30-22-18-14-10-6-2)53-35-27-25-33-49(53)51-39-37-47(45-55(51)59)57(61)58(62)48-38-40-52-50-34-26-28-36-54(50)60(56(52)46-48,43-31-23-19-15-11-7-3)44-32-24-20-16-12-8-4;7-3-1-2-4(8)6(10)5(3)9/h25-28,33-42,47-48H,5-24,29-32,43-46H2,1-4H3;25-28,33-40,45-46H,5-24,29-32,41-44H2,1-4H3;1-2H,9-10H2. The molecule has 0 bridgehead atoms. The third-order valence-corrected chi connectivity index (χ3v) is 35.6. The van der Waals surface area contributed by atoms with Crippen molar-refractivity contribution in [2.24, 2.45) is 0 Å². The Morgan fingerprint density at radius 2 is 0.408 bits per heavy atom. The van der Waals surface area contributed by atoms with Crippen LogP contribution >= 0.6 is 63.7 Å². The summed E-state index contributed by atoms with van der Waals surface area (Å²) in [4.78, 5) is 40.8. The minimum Gasteiger partial charge on any atom is -0.396 e. The molecule has 11 aromatic rings. The van der Waals surface area contributed by atoms with E-state index in [1.807, 2.05) is 24.3 Å². The van der Waals surface area contributed by atoms with Crippen molar-refractivity contribution in [3.63, 3.8) is 0 Å². The van der Waals surface area contributed by atoms with Gasteiger partial charge in [-0.3, -0.25) is 9.59 Å². The van der Waals surface area contributed by atoms with Gasteiger partial charge < -0.3 is 11.5 Å². The maximum atomic E-state index is 14.7. The number of carbonyl (C=O) groups is 2. The first-order chi connectivity index (χ1) is 69.5. The summed E-state index contributed by atoms with van der Waals surface area (Å²) in [5.41, 5.74) is 41.6. The molecule has 760 valence electrons. The largest absolute Gasteiger partial charge is 0.396 e. The Kier molecular flexibility index (Phi) is 44.9. The average molecular weight is 2170 g/mol. The zero-order valence-electron chi connectivity index (χ0n) is 88.5. The minimum absolute atomic E-state index is 0.0163. The quantitative estimate of drug-likeness (QED) is 0.0170. The summed E-state index contributed by atoms with van der Waals surface area (Å²) < 4.78 is 3.60. The lowest BCUT2D eigenvalue weighted by molar-refractivity contribution is 0.0816. The normalized spacial score (nSPS) is 13.7. The van der Waals surface area contributed by atoms with Crippen molar-refractivity contribution in [3.05, 3.63) is 268 Å². The first-order valence-corrected chi connectivity index (χ1v) is 60.4. The van der Waals surface area contributed by atoms with Crippen LogP contribution in [0.5, 0.6) is 0 Å². The molecule has 0 atom stereocenters. The maximum Gasteiger partial charge on any atom is 0.233 e. The molecule has 6 nitrogen and oxygen atoms in total. The number of nitrogens with two attached hydrogens (primary N) is 2. The van der Waals surface area contributed by atoms with Gasteiger partial charge in [0.25, 0.3) is 0 Å². The third-order valence-electron chi connectivity index (χ3n) is 32.9. The smallest absolute Gasteiger partial charge is 0.233 e. The van der Waals surface area contributed by atoms with Crippen molar-refractivity contribution < 1.29 is 9.59 Å². The van der Waals surface area contributed by atoms with Crippen LogP contribution in [0.25, 0.3) is 78.1 Å². The Hall–Kier alpha value is -7.60. The lowest BCUT2D eigenvalue weighted by atomic mass is 9.70. The van der Waals surface area contributed by atoms with Crippen molar-refractivity contribution >= 4 is 97.7 Å². The number of carbonyl (C=O) groups excluding carboxylic acids is 2. The van der Waals surface area contributed by atoms with Crippen LogP contribution < -0.4 is 11.5 Å². The van der Waals surface area contributed by atoms with Crippen LogP contribution in [0.3, 0.4) is 0 Å². The molecule has 0 amide bonds. The van der Waals surface area contributed by atoms with E-state index >= 15 is 0 Å². The summed E-state index contributed by atoms with van der Waals surface area (Å²) >= 11 is 14.4. The second-order valence-electron chi connectivity index (χ2n) is 42.9. The molecule has 0 fully saturated rings. The van der Waals surface area contributed by atoms with Crippen molar-refractivity contribution in [1.82, 2.24) is 9.97 Å². The molecule has 0 unspecified atom stereocenters. The molecule has 1 aromatic heterocycles. The van der Waals surface area contributed by atoms with E-state index in [2.05, 4.69) is 289 Å². The highest BCUT2D eigenvalue weighted by Crippen LogP contribution is 2.61. The highest BCUT2D eigenvalue weighted by atomic mass is 79.9. The predicted molar refractivity (Wildman–Crippen MR) is 627 cm³/mol. The van der Waals surface area contributed by atoms with Crippen LogP contribution in [0, 0.1) is 0 Å². The molecule has 1 heterocycles. The van der Waals surface area contributed by atoms with Gasteiger partial charge >= 0.3 is 0 Å². The van der Waals surface area contributed by atoms with E-state index in [1.165, 1.54) is 423 Å². The number of unbranched alkanes of at least 4 members (excludes halogenated alkanes) is 40. The van der Waals surface area contributed by atoms with Crippen LogP contribution in [0.4, 0.5) is 11.4 Å². The van der Waals surface area contributed by atoms with Gasteiger partial charge in [0.05, 0.1) is 22.8 Å². The summed E-state index contributed by atoms with van der Waals surface area (Å²) in [5, 5.41) is 0. The summed E-state index contributed by atoms with van der Waals surface area (Å²) in [7, 11) is 0. The van der Waals surface area contributed by atoms with Gasteiger partial charge in [-0.1, -0.05) is 509 Å². The number of nitrogens with zero attached hydrogens (tertiary/aromatic N) is 2. The molecule has 0 radical (unpaired) electrons. The summed E-state index contributed by atoms with van der Waals surface area (Å²) in [6, 6.07) is 72.2. The average Bonchev–Trinajstić information content (AvgIpc) is 1.63. The Bertz CT molecular complexity index is 5420. The topological polar surface area (TPSA) is 112 Å². The number of Topliss-reactive ketones (excluding diaryl/α,β-unsaturated/α-hetero) is 2. The lowest BCUT2D eigenvalue weighted by Gasteiger charge is -2.33. The lowest BCUT2D eigenvalue weighted by Crippen LogP contribution is -2.27. The van der Waals surface area contributed by atoms with Crippen molar-refractivity contribution in [2.45, 2.75) is 437 Å². The maximum absolute atomic E-state index is 14.7. The van der Waals surface area contributed by atoms with Crippen molar-refractivity contribution in [1.29, 1.82) is 0 Å². The van der Waals surface area contributed by atoms with E-state index < -0.39 is 0 Å². The van der Waals surface area contributed by atoms with Crippen LogP contribution in [0.2, 0.25) is 0 Å². The summed E-state index contributed by atoms with van der Waals surface area (Å²) in [6.45, 7) is 18.5. The van der Waals surface area contributed by atoms with Gasteiger partial charge in [-0.15, -0.1) is 0 Å². The number of rotatable bonds is 61. The zero-order chi connectivity index (χ0) is 100. The number of fused-ring (bicyclic) bond motifs is 13. The van der Waals surface area contributed by atoms with Crippen LogP contribution in [0.15, 0.2) is 212 Å². The van der Waals surface area contributed by atoms with Gasteiger partial charge in [-0.05, 0) is 253 Å². The minimum atomic E-state index is -0.371. The number of halogens is 4. The molecule has 142 heavy (non-hydrogen) atoms.